The number of thiazole rings is 1. The molecule has 0 saturated carbocycles. The molecule has 6 heteroatoms. The third-order valence-electron chi connectivity index (χ3n) is 4.64. The van der Waals surface area contributed by atoms with Gasteiger partial charge in [0, 0.05) is 37.5 Å². The summed E-state index contributed by atoms with van der Waals surface area (Å²) < 4.78 is 0. The molecule has 5 nitrogen and oxygen atoms in total. The highest BCUT2D eigenvalue weighted by Gasteiger charge is 2.19. The van der Waals surface area contributed by atoms with Gasteiger partial charge in [-0.3, -0.25) is 9.89 Å². The number of aromatic nitrogens is 1. The van der Waals surface area contributed by atoms with Gasteiger partial charge in [-0.15, -0.1) is 11.3 Å². The van der Waals surface area contributed by atoms with E-state index in [1.807, 2.05) is 7.05 Å². The van der Waals surface area contributed by atoms with Crippen molar-refractivity contribution < 1.29 is 0 Å². The molecule has 1 aromatic heterocycles. The van der Waals surface area contributed by atoms with Crippen LogP contribution in [0.1, 0.15) is 63.1 Å². The molecule has 1 aliphatic heterocycles. The fourth-order valence-electron chi connectivity index (χ4n) is 3.20. The number of hydrogen-bond donors (Lipinski definition) is 2. The zero-order chi connectivity index (χ0) is 17.4. The number of aliphatic imine (C=N–C) groups is 1. The van der Waals surface area contributed by atoms with Crippen molar-refractivity contribution in [2.24, 2.45) is 4.99 Å². The molecule has 0 radical (unpaired) electrons. The second kappa shape index (κ2) is 9.99. The largest absolute Gasteiger partial charge is 0.355 e. The fraction of sp³-hybridized carbons (Fsp3) is 0.778. The van der Waals surface area contributed by atoms with Crippen LogP contribution in [0.25, 0.3) is 0 Å². The van der Waals surface area contributed by atoms with E-state index in [4.69, 9.17) is 0 Å². The highest BCUT2D eigenvalue weighted by atomic mass is 32.1. The SMILES string of the molecule is CCC1CCCCN1CCNC(=NC)NCc1csc(C(C)C)n1. The lowest BCUT2D eigenvalue weighted by Gasteiger charge is -2.35. The summed E-state index contributed by atoms with van der Waals surface area (Å²) >= 11 is 1.74. The van der Waals surface area contributed by atoms with Gasteiger partial charge in [0.25, 0.3) is 0 Å². The molecule has 2 N–H and O–H groups in total. The summed E-state index contributed by atoms with van der Waals surface area (Å²) in [6, 6.07) is 0.764. The smallest absolute Gasteiger partial charge is 0.191 e. The van der Waals surface area contributed by atoms with Crippen LogP contribution in [-0.2, 0) is 6.54 Å². The van der Waals surface area contributed by atoms with Crippen LogP contribution in [0.15, 0.2) is 10.4 Å². The van der Waals surface area contributed by atoms with Gasteiger partial charge in [0.1, 0.15) is 0 Å². The van der Waals surface area contributed by atoms with Gasteiger partial charge in [0.05, 0.1) is 17.2 Å². The predicted octanol–water partition coefficient (Wildman–Crippen LogP) is 3.20. The van der Waals surface area contributed by atoms with Crippen molar-refractivity contribution in [3.05, 3.63) is 16.1 Å². The number of piperidine rings is 1. The topological polar surface area (TPSA) is 52.5 Å². The Hall–Kier alpha value is -1.14. The van der Waals surface area contributed by atoms with Crippen molar-refractivity contribution in [2.45, 2.75) is 65.0 Å². The van der Waals surface area contributed by atoms with E-state index in [2.05, 4.69) is 51.7 Å². The van der Waals surface area contributed by atoms with E-state index in [0.29, 0.717) is 5.92 Å². The van der Waals surface area contributed by atoms with Gasteiger partial charge in [-0.25, -0.2) is 4.98 Å². The Bertz CT molecular complexity index is 511. The Morgan fingerprint density at radius 1 is 1.42 bits per heavy atom. The molecule has 1 aromatic rings. The van der Waals surface area contributed by atoms with Crippen molar-refractivity contribution in [1.82, 2.24) is 20.5 Å². The molecule has 136 valence electrons. The highest BCUT2D eigenvalue weighted by molar-refractivity contribution is 7.09. The summed E-state index contributed by atoms with van der Waals surface area (Å²) in [4.78, 5) is 11.6. The quantitative estimate of drug-likeness (QED) is 0.585. The first-order valence-corrected chi connectivity index (χ1v) is 10.1. The standard InChI is InChI=1S/C18H33N5S/c1-5-16-8-6-7-10-23(16)11-9-20-18(19-4)21-12-15-13-24-17(22-15)14(2)3/h13-14,16H,5-12H2,1-4H3,(H2,19,20,21). The molecule has 2 rings (SSSR count). The minimum atomic E-state index is 0.497. The first kappa shape index (κ1) is 19.2. The molecule has 1 unspecified atom stereocenters. The average molecular weight is 352 g/mol. The van der Waals surface area contributed by atoms with Gasteiger partial charge in [-0.2, -0.15) is 0 Å². The minimum Gasteiger partial charge on any atom is -0.355 e. The summed E-state index contributed by atoms with van der Waals surface area (Å²) in [5.74, 6) is 1.36. The molecule has 0 aliphatic carbocycles. The van der Waals surface area contributed by atoms with Crippen molar-refractivity contribution in [3.8, 4) is 0 Å². The van der Waals surface area contributed by atoms with E-state index in [1.54, 1.807) is 11.3 Å². The molecule has 1 atom stereocenters. The molecule has 0 bridgehead atoms. The zero-order valence-corrected chi connectivity index (χ0v) is 16.5. The zero-order valence-electron chi connectivity index (χ0n) is 15.6. The molecule has 0 spiro atoms. The van der Waals surface area contributed by atoms with E-state index in [1.165, 1.54) is 37.2 Å². The third kappa shape index (κ3) is 5.74. The predicted molar refractivity (Wildman–Crippen MR) is 104 cm³/mol. The van der Waals surface area contributed by atoms with Gasteiger partial charge in [-0.05, 0) is 25.8 Å². The Morgan fingerprint density at radius 3 is 2.92 bits per heavy atom. The van der Waals surface area contributed by atoms with Crippen LogP contribution in [0.3, 0.4) is 0 Å². The Labute approximate surface area is 151 Å². The average Bonchev–Trinajstić information content (AvgIpc) is 3.07. The molecule has 24 heavy (non-hydrogen) atoms. The van der Waals surface area contributed by atoms with Crippen molar-refractivity contribution in [1.29, 1.82) is 0 Å². The maximum atomic E-state index is 4.66. The molecule has 1 fully saturated rings. The first-order valence-electron chi connectivity index (χ1n) is 9.26. The highest BCUT2D eigenvalue weighted by Crippen LogP contribution is 2.19. The Balaban J connectivity index is 1.72. The van der Waals surface area contributed by atoms with Crippen LogP contribution in [-0.4, -0.2) is 48.6 Å². The summed E-state index contributed by atoms with van der Waals surface area (Å²) in [7, 11) is 1.83. The Morgan fingerprint density at radius 2 is 2.25 bits per heavy atom. The molecule has 2 heterocycles. The number of guanidine groups is 1. The van der Waals surface area contributed by atoms with Crippen molar-refractivity contribution in [2.75, 3.05) is 26.7 Å². The summed E-state index contributed by atoms with van der Waals surface area (Å²) in [5.41, 5.74) is 1.09. The molecule has 1 saturated heterocycles. The lowest BCUT2D eigenvalue weighted by molar-refractivity contribution is 0.147. The van der Waals surface area contributed by atoms with E-state index < -0.39 is 0 Å². The van der Waals surface area contributed by atoms with Crippen LogP contribution in [0.4, 0.5) is 0 Å². The minimum absolute atomic E-state index is 0.497. The second-order valence-corrected chi connectivity index (χ2v) is 7.67. The second-order valence-electron chi connectivity index (χ2n) is 6.78. The number of hydrogen-bond acceptors (Lipinski definition) is 4. The van der Waals surface area contributed by atoms with Crippen molar-refractivity contribution >= 4 is 17.3 Å². The van der Waals surface area contributed by atoms with Crippen LogP contribution >= 0.6 is 11.3 Å². The lowest BCUT2D eigenvalue weighted by Crippen LogP contribution is -2.45. The number of likely N-dealkylation sites (tertiary alicyclic amines) is 1. The number of nitrogens with one attached hydrogen (secondary N) is 2. The summed E-state index contributed by atoms with van der Waals surface area (Å²) in [5, 5.41) is 10.1. The van der Waals surface area contributed by atoms with Gasteiger partial charge in [0.2, 0.25) is 0 Å². The molecule has 0 aromatic carbocycles. The van der Waals surface area contributed by atoms with E-state index in [-0.39, 0.29) is 0 Å². The molecular weight excluding hydrogens is 318 g/mol. The van der Waals surface area contributed by atoms with Gasteiger partial charge < -0.3 is 10.6 Å². The maximum Gasteiger partial charge on any atom is 0.191 e. The monoisotopic (exact) mass is 351 g/mol. The van der Waals surface area contributed by atoms with Crippen LogP contribution in [0, 0.1) is 0 Å². The van der Waals surface area contributed by atoms with Crippen LogP contribution in [0.2, 0.25) is 0 Å². The van der Waals surface area contributed by atoms with E-state index in [0.717, 1.165) is 37.3 Å². The van der Waals surface area contributed by atoms with Crippen molar-refractivity contribution in [3.63, 3.8) is 0 Å². The van der Waals surface area contributed by atoms with Crippen LogP contribution < -0.4 is 10.6 Å². The Kier molecular flexibility index (Phi) is 7.99. The van der Waals surface area contributed by atoms with Gasteiger partial charge >= 0.3 is 0 Å². The third-order valence-corrected chi connectivity index (χ3v) is 5.83. The van der Waals surface area contributed by atoms with E-state index in [9.17, 15) is 0 Å². The van der Waals surface area contributed by atoms with Crippen LogP contribution in [0.5, 0.6) is 0 Å². The van der Waals surface area contributed by atoms with Gasteiger partial charge in [-0.1, -0.05) is 27.2 Å². The maximum absolute atomic E-state index is 4.66. The fourth-order valence-corrected chi connectivity index (χ4v) is 4.03. The summed E-state index contributed by atoms with van der Waals surface area (Å²) in [6.07, 6.45) is 5.34. The van der Waals surface area contributed by atoms with Gasteiger partial charge in [0.15, 0.2) is 5.96 Å². The molecular formula is C18H33N5S. The lowest BCUT2D eigenvalue weighted by atomic mass is 10.0. The number of nitrogens with zero attached hydrogens (tertiary/aromatic N) is 3. The molecule has 1 aliphatic rings. The first-order chi connectivity index (χ1) is 11.6. The normalized spacial score (nSPS) is 19.7. The number of rotatable bonds is 7. The molecule has 0 amide bonds. The van der Waals surface area contributed by atoms with E-state index >= 15 is 0 Å². The summed E-state index contributed by atoms with van der Waals surface area (Å²) in [6.45, 7) is 10.7.